The van der Waals surface area contributed by atoms with Crippen molar-refractivity contribution in [3.63, 3.8) is 0 Å². The highest BCUT2D eigenvalue weighted by atomic mass is 35.5. The SMILES string of the molecule is O=S(=O)(Nc1cc(F)c(F)c(Nc2ncnc3ccc(-n4nnc5ccccc54)nc23)c1F)c1cccc(Cl)c1Cl. The van der Waals surface area contributed by atoms with Crippen LogP contribution in [0.3, 0.4) is 0 Å². The number of para-hydroxylation sites is 1. The predicted molar refractivity (Wildman–Crippen MR) is 147 cm³/mol. The second-order valence-corrected chi connectivity index (χ2v) is 10.9. The number of nitrogens with zero attached hydrogens (tertiary/aromatic N) is 6. The van der Waals surface area contributed by atoms with Crippen LogP contribution in [-0.2, 0) is 10.0 Å². The van der Waals surface area contributed by atoms with Crippen LogP contribution in [0.15, 0.2) is 71.9 Å². The summed E-state index contributed by atoms with van der Waals surface area (Å²) < 4.78 is 74.2. The maximum Gasteiger partial charge on any atom is 0.263 e. The molecule has 0 bridgehead atoms. The zero-order valence-electron chi connectivity index (χ0n) is 20.1. The third-order valence-electron chi connectivity index (χ3n) is 5.89. The molecule has 0 amide bonds. The van der Waals surface area contributed by atoms with Crippen molar-refractivity contribution in [1.82, 2.24) is 29.9 Å². The van der Waals surface area contributed by atoms with Gasteiger partial charge in [0, 0.05) is 6.07 Å². The first kappa shape index (κ1) is 26.7. The van der Waals surface area contributed by atoms with Crippen LogP contribution in [0.5, 0.6) is 0 Å². The van der Waals surface area contributed by atoms with Crippen molar-refractivity contribution in [3.05, 3.63) is 94.5 Å². The number of rotatable bonds is 6. The lowest BCUT2D eigenvalue weighted by atomic mass is 10.2. The molecular formula is C25H13Cl2F3N8O2S. The second-order valence-electron chi connectivity index (χ2n) is 8.44. The zero-order chi connectivity index (χ0) is 28.9. The maximum absolute atomic E-state index is 15.6. The van der Waals surface area contributed by atoms with Gasteiger partial charge in [0.05, 0.1) is 26.8 Å². The highest BCUT2D eigenvalue weighted by Crippen LogP contribution is 2.35. The summed E-state index contributed by atoms with van der Waals surface area (Å²) in [4.78, 5) is 12.1. The van der Waals surface area contributed by atoms with Crippen molar-refractivity contribution in [2.75, 3.05) is 10.0 Å². The third-order valence-corrected chi connectivity index (χ3v) is 8.22. The van der Waals surface area contributed by atoms with Gasteiger partial charge in [-0.15, -0.1) is 5.10 Å². The lowest BCUT2D eigenvalue weighted by Crippen LogP contribution is -2.16. The van der Waals surface area contributed by atoms with E-state index in [9.17, 15) is 17.2 Å². The van der Waals surface area contributed by atoms with Gasteiger partial charge < -0.3 is 5.32 Å². The molecule has 6 rings (SSSR count). The average Bonchev–Trinajstić information content (AvgIpc) is 3.39. The largest absolute Gasteiger partial charge is 0.333 e. The smallest absolute Gasteiger partial charge is 0.263 e. The molecule has 0 spiro atoms. The van der Waals surface area contributed by atoms with Crippen molar-refractivity contribution >= 4 is 72.5 Å². The Bertz CT molecular complexity index is 2110. The van der Waals surface area contributed by atoms with Gasteiger partial charge >= 0.3 is 0 Å². The van der Waals surface area contributed by atoms with E-state index < -0.39 is 43.7 Å². The molecule has 3 aromatic heterocycles. The molecule has 0 unspecified atom stereocenters. The third kappa shape index (κ3) is 4.75. The van der Waals surface area contributed by atoms with Crippen molar-refractivity contribution < 1.29 is 21.6 Å². The molecule has 206 valence electrons. The van der Waals surface area contributed by atoms with E-state index in [-0.39, 0.29) is 32.7 Å². The summed E-state index contributed by atoms with van der Waals surface area (Å²) in [5.74, 6) is -4.55. The first-order valence-electron chi connectivity index (χ1n) is 11.5. The van der Waals surface area contributed by atoms with Gasteiger partial charge in [0.15, 0.2) is 29.1 Å². The Morgan fingerprint density at radius 3 is 2.51 bits per heavy atom. The number of benzene rings is 3. The van der Waals surface area contributed by atoms with E-state index in [1.165, 1.54) is 16.8 Å². The van der Waals surface area contributed by atoms with Crippen molar-refractivity contribution in [1.29, 1.82) is 0 Å². The van der Waals surface area contributed by atoms with Crippen LogP contribution >= 0.6 is 23.2 Å². The first-order valence-corrected chi connectivity index (χ1v) is 13.7. The van der Waals surface area contributed by atoms with Crippen LogP contribution in [0.2, 0.25) is 10.0 Å². The number of hydrogen-bond acceptors (Lipinski definition) is 8. The van der Waals surface area contributed by atoms with E-state index in [0.29, 0.717) is 17.1 Å². The van der Waals surface area contributed by atoms with Crippen LogP contribution in [0.4, 0.5) is 30.4 Å². The highest BCUT2D eigenvalue weighted by molar-refractivity contribution is 7.92. The van der Waals surface area contributed by atoms with E-state index in [2.05, 4.69) is 30.6 Å². The molecule has 3 aromatic carbocycles. The fraction of sp³-hybridized carbons (Fsp3) is 0. The Kier molecular flexibility index (Phi) is 6.60. The number of aromatic nitrogens is 6. The Morgan fingerprint density at radius 1 is 0.878 bits per heavy atom. The lowest BCUT2D eigenvalue weighted by Gasteiger charge is -2.15. The second kappa shape index (κ2) is 10.1. The maximum atomic E-state index is 15.6. The summed E-state index contributed by atoms with van der Waals surface area (Å²) in [7, 11) is -4.57. The minimum Gasteiger partial charge on any atom is -0.333 e. The van der Waals surface area contributed by atoms with Crippen molar-refractivity contribution in [3.8, 4) is 5.82 Å². The molecule has 41 heavy (non-hydrogen) atoms. The van der Waals surface area contributed by atoms with Gasteiger partial charge in [0.1, 0.15) is 27.9 Å². The van der Waals surface area contributed by atoms with E-state index in [1.54, 1.807) is 36.4 Å². The lowest BCUT2D eigenvalue weighted by molar-refractivity contribution is 0.501. The molecule has 0 aliphatic rings. The Labute approximate surface area is 238 Å². The molecule has 0 saturated heterocycles. The first-order chi connectivity index (χ1) is 19.6. The molecule has 0 radical (unpaired) electrons. The summed E-state index contributed by atoms with van der Waals surface area (Å²) in [6.45, 7) is 0. The normalized spacial score (nSPS) is 11.7. The van der Waals surface area contributed by atoms with E-state index in [1.807, 2.05) is 4.72 Å². The zero-order valence-corrected chi connectivity index (χ0v) is 22.5. The summed E-state index contributed by atoms with van der Waals surface area (Å²) in [6.07, 6.45) is 1.11. The molecule has 2 N–H and O–H groups in total. The number of hydrogen-bond donors (Lipinski definition) is 2. The van der Waals surface area contributed by atoms with Crippen molar-refractivity contribution in [2.45, 2.75) is 4.90 Å². The van der Waals surface area contributed by atoms with Gasteiger partial charge in [-0.05, 0) is 36.4 Å². The quantitative estimate of drug-likeness (QED) is 0.217. The van der Waals surface area contributed by atoms with Crippen LogP contribution in [-0.4, -0.2) is 38.4 Å². The van der Waals surface area contributed by atoms with Crippen molar-refractivity contribution in [2.24, 2.45) is 0 Å². The number of halogens is 5. The fourth-order valence-corrected chi connectivity index (χ4v) is 5.79. The Morgan fingerprint density at radius 2 is 1.68 bits per heavy atom. The summed E-state index contributed by atoms with van der Waals surface area (Å²) >= 11 is 11.9. The Balaban J connectivity index is 1.42. The van der Waals surface area contributed by atoms with Crippen LogP contribution in [0.1, 0.15) is 0 Å². The fourth-order valence-electron chi connectivity index (χ4n) is 3.98. The predicted octanol–water partition coefficient (Wildman–Crippen LogP) is 6.03. The van der Waals surface area contributed by atoms with E-state index >= 15 is 4.39 Å². The molecule has 0 atom stereocenters. The van der Waals surface area contributed by atoms with Crippen LogP contribution < -0.4 is 10.0 Å². The Hall–Kier alpha value is -4.53. The molecule has 0 aliphatic carbocycles. The molecular weight excluding hydrogens is 604 g/mol. The summed E-state index contributed by atoms with van der Waals surface area (Å²) in [5.41, 5.74) is -0.341. The highest BCUT2D eigenvalue weighted by Gasteiger charge is 2.26. The topological polar surface area (TPSA) is 128 Å². The molecule has 16 heteroatoms. The molecule has 6 aromatic rings. The number of fused-ring (bicyclic) bond motifs is 2. The van der Waals surface area contributed by atoms with Crippen LogP contribution in [0.25, 0.3) is 27.9 Å². The average molecular weight is 617 g/mol. The van der Waals surface area contributed by atoms with Gasteiger partial charge in [-0.2, -0.15) is 4.68 Å². The number of sulfonamides is 1. The molecule has 0 aliphatic heterocycles. The van der Waals surface area contributed by atoms with Crippen LogP contribution in [0, 0.1) is 17.5 Å². The van der Waals surface area contributed by atoms with Gasteiger partial charge in [-0.25, -0.2) is 36.5 Å². The number of pyridine rings is 1. The molecule has 3 heterocycles. The number of anilines is 3. The monoisotopic (exact) mass is 616 g/mol. The van der Waals surface area contributed by atoms with Gasteiger partial charge in [0.25, 0.3) is 10.0 Å². The number of nitrogens with one attached hydrogen (secondary N) is 2. The standard InChI is InChI=1S/C25H13Cl2F3N8O2S/c26-12-4-3-7-18(20(12)27)41(39,40)36-16-10-13(28)21(29)24(22(16)30)34-25-23-15(31-11-32-25)8-9-19(33-23)38-17-6-2-1-5-14(17)35-37-38/h1-11,36H,(H,31,32,34). The summed E-state index contributed by atoms with van der Waals surface area (Å²) in [5, 5.41) is 10.2. The molecule has 0 saturated carbocycles. The van der Waals surface area contributed by atoms with E-state index in [4.69, 9.17) is 23.2 Å². The minimum atomic E-state index is -4.57. The minimum absolute atomic E-state index is 0.0560. The molecule has 0 fully saturated rings. The van der Waals surface area contributed by atoms with E-state index in [0.717, 1.165) is 12.4 Å². The van der Waals surface area contributed by atoms with Gasteiger partial charge in [-0.1, -0.05) is 46.6 Å². The molecule has 10 nitrogen and oxygen atoms in total. The van der Waals surface area contributed by atoms with Gasteiger partial charge in [0.2, 0.25) is 0 Å². The summed E-state index contributed by atoms with van der Waals surface area (Å²) in [6, 6.07) is 14.4. The van der Waals surface area contributed by atoms with Gasteiger partial charge in [-0.3, -0.25) is 4.72 Å².